The second-order valence-electron chi connectivity index (χ2n) is 7.19. The third-order valence-corrected chi connectivity index (χ3v) is 6.95. The molecule has 2 amide bonds. The molecule has 1 atom stereocenters. The molecule has 29 heavy (non-hydrogen) atoms. The molecule has 0 saturated carbocycles. The Hall–Kier alpha value is -3.13. The van der Waals surface area contributed by atoms with Crippen molar-refractivity contribution < 1.29 is 18.0 Å². The summed E-state index contributed by atoms with van der Waals surface area (Å²) in [5.74, 6) is -1.45. The predicted octanol–water partition coefficient (Wildman–Crippen LogP) is 2.45. The van der Waals surface area contributed by atoms with E-state index in [0.717, 1.165) is 20.8 Å². The van der Waals surface area contributed by atoms with E-state index in [-0.39, 0.29) is 17.3 Å². The molecule has 0 radical (unpaired) electrons. The summed E-state index contributed by atoms with van der Waals surface area (Å²) < 4.78 is 25.2. The number of amides is 2. The van der Waals surface area contributed by atoms with Crippen LogP contribution in [0.4, 0.5) is 5.69 Å². The minimum absolute atomic E-state index is 0.193. The van der Waals surface area contributed by atoms with Crippen molar-refractivity contribution in [3.8, 4) is 0 Å². The lowest BCUT2D eigenvalue weighted by Gasteiger charge is -2.15. The minimum atomic E-state index is -3.65. The molecule has 8 heteroatoms. The van der Waals surface area contributed by atoms with Gasteiger partial charge in [0.25, 0.3) is 5.91 Å². The average Bonchev–Trinajstić information content (AvgIpc) is 3.19. The van der Waals surface area contributed by atoms with Crippen molar-refractivity contribution in [2.45, 2.75) is 13.3 Å². The van der Waals surface area contributed by atoms with Crippen LogP contribution in [-0.2, 0) is 21.2 Å². The standard InChI is InChI=1S/C21H21N3O4S/c1-14-13-29(27,28)24(21(14)26)17-8-6-15(7-9-17)20(25)22-11-10-16-12-23-19-5-3-2-4-18(16)19/h2-9,12,14,23H,10-11,13H2,1H3,(H,22,25). The van der Waals surface area contributed by atoms with Crippen molar-refractivity contribution in [2.75, 3.05) is 16.6 Å². The number of benzene rings is 2. The fraction of sp³-hybridized carbons (Fsp3) is 0.238. The van der Waals surface area contributed by atoms with Gasteiger partial charge in [-0.3, -0.25) is 9.59 Å². The maximum atomic E-state index is 12.4. The van der Waals surface area contributed by atoms with E-state index in [2.05, 4.69) is 10.3 Å². The highest BCUT2D eigenvalue weighted by molar-refractivity contribution is 7.94. The van der Waals surface area contributed by atoms with Gasteiger partial charge in [0.05, 0.1) is 17.4 Å². The van der Waals surface area contributed by atoms with Gasteiger partial charge in [-0.25, -0.2) is 12.7 Å². The Balaban J connectivity index is 1.40. The molecule has 3 aromatic rings. The molecule has 1 aliphatic heterocycles. The number of anilines is 1. The smallest absolute Gasteiger partial charge is 0.251 e. The summed E-state index contributed by atoms with van der Waals surface area (Å²) in [6, 6.07) is 14.0. The third-order valence-electron chi connectivity index (χ3n) is 5.08. The number of H-pyrrole nitrogens is 1. The predicted molar refractivity (Wildman–Crippen MR) is 111 cm³/mol. The van der Waals surface area contributed by atoms with Gasteiger partial charge in [-0.2, -0.15) is 0 Å². The van der Waals surface area contributed by atoms with Crippen LogP contribution in [-0.4, -0.2) is 37.5 Å². The van der Waals surface area contributed by atoms with Crippen LogP contribution >= 0.6 is 0 Å². The Morgan fingerprint density at radius 2 is 1.90 bits per heavy atom. The number of para-hydroxylation sites is 1. The highest BCUT2D eigenvalue weighted by Gasteiger charge is 2.41. The normalized spacial score (nSPS) is 18.3. The van der Waals surface area contributed by atoms with Crippen molar-refractivity contribution in [2.24, 2.45) is 5.92 Å². The molecule has 0 aliphatic carbocycles. The first kappa shape index (κ1) is 19.2. The van der Waals surface area contributed by atoms with Gasteiger partial charge in [-0.15, -0.1) is 0 Å². The number of carbonyl (C=O) groups is 2. The van der Waals surface area contributed by atoms with Crippen molar-refractivity contribution in [3.63, 3.8) is 0 Å². The molecule has 150 valence electrons. The Kier molecular flexibility index (Phi) is 4.87. The second-order valence-corrected chi connectivity index (χ2v) is 9.06. The zero-order chi connectivity index (χ0) is 20.6. The fourth-order valence-corrected chi connectivity index (χ4v) is 5.41. The summed E-state index contributed by atoms with van der Waals surface area (Å²) in [5, 5.41) is 4.01. The zero-order valence-corrected chi connectivity index (χ0v) is 16.7. The summed E-state index contributed by atoms with van der Waals surface area (Å²) in [5.41, 5.74) is 2.85. The van der Waals surface area contributed by atoms with E-state index in [1.807, 2.05) is 30.5 Å². The number of hydrogen-bond donors (Lipinski definition) is 2. The van der Waals surface area contributed by atoms with Crippen molar-refractivity contribution >= 4 is 38.4 Å². The lowest BCUT2D eigenvalue weighted by Crippen LogP contribution is -2.30. The number of aromatic nitrogens is 1. The topological polar surface area (TPSA) is 99.3 Å². The molecule has 2 aromatic carbocycles. The van der Waals surface area contributed by atoms with E-state index in [1.165, 1.54) is 24.3 Å². The maximum Gasteiger partial charge on any atom is 0.251 e. The third kappa shape index (κ3) is 3.63. The summed E-state index contributed by atoms with van der Waals surface area (Å²) in [6.07, 6.45) is 2.63. The number of sulfonamides is 1. The Morgan fingerprint density at radius 3 is 2.59 bits per heavy atom. The van der Waals surface area contributed by atoms with Crippen molar-refractivity contribution in [1.82, 2.24) is 10.3 Å². The number of rotatable bonds is 5. The average molecular weight is 411 g/mol. The highest BCUT2D eigenvalue weighted by atomic mass is 32.2. The van der Waals surface area contributed by atoms with E-state index >= 15 is 0 Å². The minimum Gasteiger partial charge on any atom is -0.361 e. The van der Waals surface area contributed by atoms with Crippen LogP contribution in [0.2, 0.25) is 0 Å². The van der Waals surface area contributed by atoms with Crippen LogP contribution < -0.4 is 9.62 Å². The molecule has 1 saturated heterocycles. The van der Waals surface area contributed by atoms with Gasteiger partial charge in [-0.05, 0) is 42.3 Å². The Bertz CT molecular complexity index is 1180. The van der Waals surface area contributed by atoms with Gasteiger partial charge in [0.15, 0.2) is 0 Å². The largest absolute Gasteiger partial charge is 0.361 e. The maximum absolute atomic E-state index is 12.4. The Labute approximate surface area is 168 Å². The van der Waals surface area contributed by atoms with Crippen LogP contribution in [0.5, 0.6) is 0 Å². The molecule has 0 spiro atoms. The summed E-state index contributed by atoms with van der Waals surface area (Å²) >= 11 is 0. The number of carbonyl (C=O) groups excluding carboxylic acids is 2. The monoisotopic (exact) mass is 411 g/mol. The van der Waals surface area contributed by atoms with E-state index < -0.39 is 21.8 Å². The molecular formula is C21H21N3O4S. The molecule has 7 nitrogen and oxygen atoms in total. The van der Waals surface area contributed by atoms with Crippen molar-refractivity contribution in [3.05, 3.63) is 65.9 Å². The summed E-state index contributed by atoms with van der Waals surface area (Å²) in [4.78, 5) is 27.8. The molecule has 2 N–H and O–H groups in total. The Morgan fingerprint density at radius 1 is 1.17 bits per heavy atom. The number of aromatic amines is 1. The lowest BCUT2D eigenvalue weighted by molar-refractivity contribution is -0.119. The lowest BCUT2D eigenvalue weighted by atomic mass is 10.1. The van der Waals surface area contributed by atoms with E-state index in [9.17, 15) is 18.0 Å². The van der Waals surface area contributed by atoms with Gasteiger partial charge < -0.3 is 10.3 Å². The van der Waals surface area contributed by atoms with Gasteiger partial charge in [0.2, 0.25) is 15.9 Å². The van der Waals surface area contributed by atoms with E-state index in [1.54, 1.807) is 6.92 Å². The molecule has 1 aliphatic rings. The molecule has 2 heterocycles. The van der Waals surface area contributed by atoms with Gasteiger partial charge in [0.1, 0.15) is 0 Å². The zero-order valence-electron chi connectivity index (χ0n) is 15.9. The summed E-state index contributed by atoms with van der Waals surface area (Å²) in [6.45, 7) is 2.06. The molecule has 1 aromatic heterocycles. The van der Waals surface area contributed by atoms with Crippen LogP contribution in [0.25, 0.3) is 10.9 Å². The first-order valence-electron chi connectivity index (χ1n) is 9.37. The summed E-state index contributed by atoms with van der Waals surface area (Å²) in [7, 11) is -3.65. The molecule has 0 bridgehead atoms. The molecule has 1 unspecified atom stereocenters. The fourth-order valence-electron chi connectivity index (χ4n) is 3.59. The van der Waals surface area contributed by atoms with Crippen LogP contribution in [0.3, 0.4) is 0 Å². The van der Waals surface area contributed by atoms with Gasteiger partial charge in [-0.1, -0.05) is 25.1 Å². The highest BCUT2D eigenvalue weighted by Crippen LogP contribution is 2.28. The van der Waals surface area contributed by atoms with E-state index in [0.29, 0.717) is 18.5 Å². The van der Waals surface area contributed by atoms with Crippen molar-refractivity contribution in [1.29, 1.82) is 0 Å². The van der Waals surface area contributed by atoms with Crippen LogP contribution in [0, 0.1) is 5.92 Å². The first-order chi connectivity index (χ1) is 13.9. The van der Waals surface area contributed by atoms with Gasteiger partial charge in [0, 0.05) is 29.2 Å². The quantitative estimate of drug-likeness (QED) is 0.674. The number of fused-ring (bicyclic) bond motifs is 1. The number of nitrogens with zero attached hydrogens (tertiary/aromatic N) is 1. The van der Waals surface area contributed by atoms with Crippen LogP contribution in [0.15, 0.2) is 54.7 Å². The SMILES string of the molecule is CC1CS(=O)(=O)N(c2ccc(C(=O)NCCc3c[nH]c4ccccc34)cc2)C1=O. The molecule has 4 rings (SSSR count). The second kappa shape index (κ2) is 7.36. The van der Waals surface area contributed by atoms with E-state index in [4.69, 9.17) is 0 Å². The van der Waals surface area contributed by atoms with Crippen LogP contribution in [0.1, 0.15) is 22.8 Å². The number of hydrogen-bond acceptors (Lipinski definition) is 4. The first-order valence-corrected chi connectivity index (χ1v) is 11.0. The number of nitrogens with one attached hydrogen (secondary N) is 2. The molecule has 1 fully saturated rings. The molecular weight excluding hydrogens is 390 g/mol. The van der Waals surface area contributed by atoms with Gasteiger partial charge >= 0.3 is 0 Å².